The second-order valence-corrected chi connectivity index (χ2v) is 8.50. The van der Waals surface area contributed by atoms with Crippen molar-refractivity contribution in [3.05, 3.63) is 30.1 Å². The molecule has 168 valence electrons. The molecular formula is C22H31FN6O2. The van der Waals surface area contributed by atoms with Gasteiger partial charge in [-0.05, 0) is 54.7 Å². The first-order valence-corrected chi connectivity index (χ1v) is 11.0. The van der Waals surface area contributed by atoms with Gasteiger partial charge in [0.2, 0.25) is 17.6 Å². The van der Waals surface area contributed by atoms with Gasteiger partial charge in [0.25, 0.3) is 0 Å². The Morgan fingerprint density at radius 2 is 1.90 bits per heavy atom. The number of carbonyl (C=O) groups excluding carboxylic acids is 2. The van der Waals surface area contributed by atoms with Crippen LogP contribution in [0.5, 0.6) is 0 Å². The lowest BCUT2D eigenvalue weighted by molar-refractivity contribution is -0.140. The normalized spacial score (nSPS) is 14.6. The highest BCUT2D eigenvalue weighted by Gasteiger charge is 2.28. The maximum Gasteiger partial charge on any atom is 0.246 e. The van der Waals surface area contributed by atoms with Crippen LogP contribution in [0.25, 0.3) is 11.4 Å². The number of nitrogens with zero attached hydrogens (tertiary/aromatic N) is 5. The summed E-state index contributed by atoms with van der Waals surface area (Å²) < 4.78 is 13.1. The zero-order valence-electron chi connectivity index (χ0n) is 18.3. The molecule has 0 saturated heterocycles. The summed E-state index contributed by atoms with van der Waals surface area (Å²) in [5.74, 6) is 0.140. The van der Waals surface area contributed by atoms with Crippen molar-refractivity contribution in [3.8, 4) is 11.4 Å². The fourth-order valence-corrected chi connectivity index (χ4v) is 3.76. The van der Waals surface area contributed by atoms with Gasteiger partial charge in [-0.15, -0.1) is 10.2 Å². The van der Waals surface area contributed by atoms with E-state index in [1.54, 1.807) is 17.0 Å². The molecule has 0 aliphatic heterocycles. The van der Waals surface area contributed by atoms with Crippen LogP contribution in [0.1, 0.15) is 52.4 Å². The molecular weight excluding hydrogens is 399 g/mol. The molecule has 2 amide bonds. The molecule has 1 heterocycles. The van der Waals surface area contributed by atoms with Gasteiger partial charge in [-0.25, -0.2) is 4.39 Å². The third-order valence-electron chi connectivity index (χ3n) is 5.53. The quantitative estimate of drug-likeness (QED) is 0.660. The van der Waals surface area contributed by atoms with Gasteiger partial charge in [0.1, 0.15) is 12.4 Å². The molecule has 8 nitrogen and oxygen atoms in total. The van der Waals surface area contributed by atoms with Gasteiger partial charge in [-0.1, -0.05) is 33.1 Å². The van der Waals surface area contributed by atoms with Gasteiger partial charge < -0.3 is 10.2 Å². The van der Waals surface area contributed by atoms with Gasteiger partial charge in [0.05, 0.1) is 6.54 Å². The van der Waals surface area contributed by atoms with E-state index in [0.717, 1.165) is 38.5 Å². The van der Waals surface area contributed by atoms with E-state index in [4.69, 9.17) is 0 Å². The van der Waals surface area contributed by atoms with Crippen molar-refractivity contribution >= 4 is 11.8 Å². The zero-order valence-corrected chi connectivity index (χ0v) is 18.3. The number of rotatable bonds is 9. The van der Waals surface area contributed by atoms with E-state index in [0.29, 0.717) is 23.9 Å². The Kier molecular flexibility index (Phi) is 8.08. The van der Waals surface area contributed by atoms with Crippen LogP contribution in [0.4, 0.5) is 4.39 Å². The van der Waals surface area contributed by atoms with Gasteiger partial charge in [0.15, 0.2) is 0 Å². The van der Waals surface area contributed by atoms with Gasteiger partial charge in [-0.2, -0.15) is 4.80 Å². The minimum Gasteiger partial charge on any atom is -0.355 e. The maximum absolute atomic E-state index is 13.1. The van der Waals surface area contributed by atoms with Gasteiger partial charge in [0, 0.05) is 18.2 Å². The van der Waals surface area contributed by atoms with Crippen LogP contribution < -0.4 is 5.32 Å². The second kappa shape index (κ2) is 11.0. The van der Waals surface area contributed by atoms with E-state index in [2.05, 4.69) is 34.6 Å². The van der Waals surface area contributed by atoms with Crippen molar-refractivity contribution in [1.82, 2.24) is 30.4 Å². The summed E-state index contributed by atoms with van der Waals surface area (Å²) in [6.45, 7) is 4.77. The Hall–Kier alpha value is -2.84. The van der Waals surface area contributed by atoms with Crippen LogP contribution in [0, 0.1) is 11.7 Å². The smallest absolute Gasteiger partial charge is 0.246 e. The van der Waals surface area contributed by atoms with Crippen LogP contribution in [0.2, 0.25) is 0 Å². The molecule has 31 heavy (non-hydrogen) atoms. The first-order chi connectivity index (χ1) is 14.9. The summed E-state index contributed by atoms with van der Waals surface area (Å²) in [7, 11) is 0. The Bertz CT molecular complexity index is 861. The third kappa shape index (κ3) is 6.83. The van der Waals surface area contributed by atoms with Crippen molar-refractivity contribution in [2.75, 3.05) is 13.1 Å². The van der Waals surface area contributed by atoms with Gasteiger partial charge >= 0.3 is 0 Å². The number of aromatic nitrogens is 4. The summed E-state index contributed by atoms with van der Waals surface area (Å²) in [4.78, 5) is 28.5. The Morgan fingerprint density at radius 3 is 2.58 bits per heavy atom. The highest BCUT2D eigenvalue weighted by Crippen LogP contribution is 2.23. The maximum atomic E-state index is 13.1. The van der Waals surface area contributed by atoms with E-state index >= 15 is 0 Å². The van der Waals surface area contributed by atoms with Crippen molar-refractivity contribution in [2.24, 2.45) is 5.92 Å². The molecule has 9 heteroatoms. The van der Waals surface area contributed by atoms with E-state index in [9.17, 15) is 14.0 Å². The Labute approximate surface area is 182 Å². The molecule has 0 spiro atoms. The molecule has 2 aromatic rings. The van der Waals surface area contributed by atoms with Crippen LogP contribution in [0.15, 0.2) is 24.3 Å². The topological polar surface area (TPSA) is 93.0 Å². The molecule has 1 fully saturated rings. The summed E-state index contributed by atoms with van der Waals surface area (Å²) >= 11 is 0. The van der Waals surface area contributed by atoms with Crippen molar-refractivity contribution in [1.29, 1.82) is 0 Å². The van der Waals surface area contributed by atoms with E-state index in [1.807, 2.05) is 0 Å². The number of benzene rings is 1. The fourth-order valence-electron chi connectivity index (χ4n) is 3.76. The molecule has 0 unspecified atom stereocenters. The first kappa shape index (κ1) is 22.8. The number of nitrogens with one attached hydrogen (secondary N) is 1. The summed E-state index contributed by atoms with van der Waals surface area (Å²) in [6.07, 6.45) is 5.97. The molecule has 0 radical (unpaired) electrons. The Morgan fingerprint density at radius 1 is 1.19 bits per heavy atom. The fraction of sp³-hybridized carbons (Fsp3) is 0.591. The highest BCUT2D eigenvalue weighted by atomic mass is 19.1. The van der Waals surface area contributed by atoms with Crippen LogP contribution in [-0.4, -0.2) is 56.1 Å². The largest absolute Gasteiger partial charge is 0.355 e. The summed E-state index contributed by atoms with van der Waals surface area (Å²) in [5.41, 5.74) is 0.619. The van der Waals surface area contributed by atoms with Gasteiger partial charge in [-0.3, -0.25) is 9.59 Å². The van der Waals surface area contributed by atoms with Crippen molar-refractivity contribution in [3.63, 3.8) is 0 Å². The van der Waals surface area contributed by atoms with E-state index < -0.39 is 0 Å². The number of hydrogen-bond donors (Lipinski definition) is 1. The molecule has 1 aromatic carbocycles. The standard InChI is InChI=1S/C22H31FN6O2/c1-16(2)12-13-24-20(30)14-28(19-6-4-3-5-7-19)21(31)15-29-26-22(25-27-29)17-8-10-18(23)11-9-17/h8-11,16,19H,3-7,12-15H2,1-2H3,(H,24,30). The predicted octanol–water partition coefficient (Wildman–Crippen LogP) is 2.80. The van der Waals surface area contributed by atoms with Crippen LogP contribution in [0.3, 0.4) is 0 Å². The molecule has 1 aliphatic rings. The highest BCUT2D eigenvalue weighted by molar-refractivity contribution is 5.84. The summed E-state index contributed by atoms with van der Waals surface area (Å²) in [6, 6.07) is 5.83. The van der Waals surface area contributed by atoms with Crippen molar-refractivity contribution < 1.29 is 14.0 Å². The number of amides is 2. The lowest BCUT2D eigenvalue weighted by atomic mass is 9.94. The SMILES string of the molecule is CC(C)CCNC(=O)CN(C(=O)Cn1nnc(-c2ccc(F)cc2)n1)C1CCCCC1. The molecule has 1 saturated carbocycles. The minimum absolute atomic E-state index is 0.0428. The average Bonchev–Trinajstić information content (AvgIpc) is 3.21. The molecule has 3 rings (SSSR count). The second-order valence-electron chi connectivity index (χ2n) is 8.50. The lowest BCUT2D eigenvalue weighted by Gasteiger charge is -2.33. The van der Waals surface area contributed by atoms with Crippen molar-refractivity contribution in [2.45, 2.75) is 65.0 Å². The summed E-state index contributed by atoms with van der Waals surface area (Å²) in [5, 5.41) is 15.1. The number of tetrazole rings is 1. The minimum atomic E-state index is -0.346. The third-order valence-corrected chi connectivity index (χ3v) is 5.53. The molecule has 1 aromatic heterocycles. The monoisotopic (exact) mass is 430 g/mol. The predicted molar refractivity (Wildman–Crippen MR) is 114 cm³/mol. The number of hydrogen-bond acceptors (Lipinski definition) is 5. The van der Waals surface area contributed by atoms with E-state index in [-0.39, 0.29) is 36.8 Å². The lowest BCUT2D eigenvalue weighted by Crippen LogP contribution is -2.48. The molecule has 0 bridgehead atoms. The molecule has 1 aliphatic carbocycles. The van der Waals surface area contributed by atoms with E-state index in [1.165, 1.54) is 16.9 Å². The zero-order chi connectivity index (χ0) is 22.2. The molecule has 0 atom stereocenters. The first-order valence-electron chi connectivity index (χ1n) is 11.0. The average molecular weight is 431 g/mol. The number of halogens is 1. The number of carbonyl (C=O) groups is 2. The Balaban J connectivity index is 1.65. The molecule has 1 N–H and O–H groups in total. The van der Waals surface area contributed by atoms with Crippen LogP contribution >= 0.6 is 0 Å². The van der Waals surface area contributed by atoms with Crippen LogP contribution in [-0.2, 0) is 16.1 Å².